The van der Waals surface area contributed by atoms with E-state index < -0.39 is 0 Å². The average molecular weight is 296 g/mol. The van der Waals surface area contributed by atoms with Crippen LogP contribution in [0.15, 0.2) is 36.7 Å². The molecule has 0 unspecified atom stereocenters. The fraction of sp³-hybridized carbons (Fsp3) is 0.154. The first-order valence-electron chi connectivity index (χ1n) is 5.54. The Bertz CT molecular complexity index is 590. The largest absolute Gasteiger partial charge is 0.336 e. The number of carbonyl (C=O) groups is 1. The van der Waals surface area contributed by atoms with Crippen LogP contribution in [0.4, 0.5) is 0 Å². The topological polar surface area (TPSA) is 46.1 Å². The number of amides is 1. The maximum absolute atomic E-state index is 12.2. The Morgan fingerprint density at radius 2 is 2.11 bits per heavy atom. The van der Waals surface area contributed by atoms with Crippen LogP contribution in [0.1, 0.15) is 16.1 Å². The van der Waals surface area contributed by atoms with Gasteiger partial charge in [-0.25, -0.2) is 4.98 Å². The fourth-order valence-corrected chi connectivity index (χ4v) is 1.92. The average Bonchev–Trinajstić information content (AvgIpc) is 2.42. The summed E-state index contributed by atoms with van der Waals surface area (Å²) in [6.07, 6.45) is 3.39. The summed E-state index contributed by atoms with van der Waals surface area (Å²) in [7, 11) is 1.67. The highest BCUT2D eigenvalue weighted by Crippen LogP contribution is 2.18. The first-order chi connectivity index (χ1) is 9.08. The zero-order chi connectivity index (χ0) is 13.8. The summed E-state index contributed by atoms with van der Waals surface area (Å²) in [6.45, 7) is 0.428. The highest BCUT2D eigenvalue weighted by molar-refractivity contribution is 6.34. The van der Waals surface area contributed by atoms with Crippen molar-refractivity contribution in [2.75, 3.05) is 7.05 Å². The second kappa shape index (κ2) is 5.99. The van der Waals surface area contributed by atoms with Gasteiger partial charge in [0.15, 0.2) is 0 Å². The summed E-state index contributed by atoms with van der Waals surface area (Å²) in [4.78, 5) is 21.7. The van der Waals surface area contributed by atoms with Crippen LogP contribution in [-0.4, -0.2) is 27.8 Å². The monoisotopic (exact) mass is 295 g/mol. The van der Waals surface area contributed by atoms with Crippen LogP contribution in [0.25, 0.3) is 0 Å². The second-order valence-electron chi connectivity index (χ2n) is 3.99. The Kier molecular flexibility index (Phi) is 4.35. The summed E-state index contributed by atoms with van der Waals surface area (Å²) in [5, 5.41) is 0.523. The van der Waals surface area contributed by atoms with E-state index >= 15 is 0 Å². The molecule has 1 amide bonds. The molecule has 0 radical (unpaired) electrons. The minimum absolute atomic E-state index is 0.153. The Morgan fingerprint density at radius 3 is 2.79 bits per heavy atom. The van der Waals surface area contributed by atoms with E-state index in [0.717, 1.165) is 5.56 Å². The van der Waals surface area contributed by atoms with E-state index in [9.17, 15) is 4.79 Å². The summed E-state index contributed by atoms with van der Waals surface area (Å²) in [6, 6.07) is 6.81. The zero-order valence-electron chi connectivity index (χ0n) is 10.2. The van der Waals surface area contributed by atoms with Gasteiger partial charge in [-0.15, -0.1) is 0 Å². The smallest absolute Gasteiger partial charge is 0.274 e. The molecule has 4 nitrogen and oxygen atoms in total. The molecular formula is C13H11Cl2N3O. The van der Waals surface area contributed by atoms with Gasteiger partial charge < -0.3 is 4.90 Å². The molecule has 0 spiro atoms. The molecular weight excluding hydrogens is 285 g/mol. The van der Waals surface area contributed by atoms with Gasteiger partial charge in [-0.3, -0.25) is 9.78 Å². The number of pyridine rings is 2. The molecule has 0 fully saturated rings. The number of rotatable bonds is 3. The van der Waals surface area contributed by atoms with Crippen molar-refractivity contribution in [3.05, 3.63) is 58.1 Å². The third-order valence-electron chi connectivity index (χ3n) is 2.50. The van der Waals surface area contributed by atoms with Crippen LogP contribution in [0.5, 0.6) is 0 Å². The lowest BCUT2D eigenvalue weighted by atomic mass is 10.2. The minimum Gasteiger partial charge on any atom is -0.336 e. The fourth-order valence-electron chi connectivity index (χ4n) is 1.59. The number of halogens is 2. The Morgan fingerprint density at radius 1 is 1.32 bits per heavy atom. The highest BCUT2D eigenvalue weighted by Gasteiger charge is 2.17. The van der Waals surface area contributed by atoms with Crippen molar-refractivity contribution in [1.29, 1.82) is 0 Å². The Hall–Kier alpha value is -1.65. The van der Waals surface area contributed by atoms with E-state index in [1.807, 2.05) is 12.1 Å². The summed E-state index contributed by atoms with van der Waals surface area (Å²) >= 11 is 11.7. The second-order valence-corrected chi connectivity index (χ2v) is 4.78. The summed E-state index contributed by atoms with van der Waals surface area (Å²) in [5.41, 5.74) is 1.08. The van der Waals surface area contributed by atoms with Crippen LogP contribution in [0.2, 0.25) is 10.2 Å². The molecule has 0 N–H and O–H groups in total. The molecule has 0 saturated heterocycles. The quantitative estimate of drug-likeness (QED) is 0.818. The van der Waals surface area contributed by atoms with Crippen molar-refractivity contribution in [3.8, 4) is 0 Å². The molecule has 2 rings (SSSR count). The van der Waals surface area contributed by atoms with Crippen molar-refractivity contribution < 1.29 is 4.79 Å². The predicted octanol–water partition coefficient (Wildman–Crippen LogP) is 3.06. The van der Waals surface area contributed by atoms with Gasteiger partial charge in [-0.1, -0.05) is 29.3 Å². The van der Waals surface area contributed by atoms with Crippen LogP contribution in [0.3, 0.4) is 0 Å². The molecule has 2 aromatic heterocycles. The van der Waals surface area contributed by atoms with Gasteiger partial charge in [0.05, 0.1) is 5.02 Å². The van der Waals surface area contributed by atoms with Gasteiger partial charge in [-0.05, 0) is 23.8 Å². The van der Waals surface area contributed by atoms with Crippen molar-refractivity contribution in [2.45, 2.75) is 6.54 Å². The normalized spacial score (nSPS) is 10.3. The Balaban J connectivity index is 2.17. The summed E-state index contributed by atoms with van der Waals surface area (Å²) in [5.74, 6) is -0.281. The highest BCUT2D eigenvalue weighted by atomic mass is 35.5. The van der Waals surface area contributed by atoms with E-state index in [2.05, 4.69) is 9.97 Å². The first-order valence-corrected chi connectivity index (χ1v) is 6.30. The molecule has 2 heterocycles. The minimum atomic E-state index is -0.281. The SMILES string of the molecule is CN(Cc1cccnc1)C(=O)c1nc(Cl)ccc1Cl. The molecule has 0 aromatic carbocycles. The maximum atomic E-state index is 12.2. The maximum Gasteiger partial charge on any atom is 0.274 e. The molecule has 0 bridgehead atoms. The van der Waals surface area contributed by atoms with E-state index in [-0.39, 0.29) is 21.8 Å². The van der Waals surface area contributed by atoms with E-state index in [0.29, 0.717) is 6.54 Å². The van der Waals surface area contributed by atoms with E-state index in [4.69, 9.17) is 23.2 Å². The number of hydrogen-bond donors (Lipinski definition) is 0. The van der Waals surface area contributed by atoms with E-state index in [1.54, 1.807) is 31.6 Å². The van der Waals surface area contributed by atoms with E-state index in [1.165, 1.54) is 4.90 Å². The lowest BCUT2D eigenvalue weighted by Crippen LogP contribution is -2.27. The first kappa shape index (κ1) is 13.8. The van der Waals surface area contributed by atoms with Gasteiger partial charge in [0.25, 0.3) is 5.91 Å². The molecule has 98 valence electrons. The molecule has 19 heavy (non-hydrogen) atoms. The van der Waals surface area contributed by atoms with Crippen LogP contribution in [-0.2, 0) is 6.54 Å². The third kappa shape index (κ3) is 3.43. The lowest BCUT2D eigenvalue weighted by Gasteiger charge is -2.17. The van der Waals surface area contributed by atoms with Gasteiger partial charge in [0.1, 0.15) is 10.8 Å². The van der Waals surface area contributed by atoms with Crippen LogP contribution < -0.4 is 0 Å². The van der Waals surface area contributed by atoms with Crippen molar-refractivity contribution in [1.82, 2.24) is 14.9 Å². The molecule has 0 aliphatic carbocycles. The number of carbonyl (C=O) groups excluding carboxylic acids is 1. The summed E-state index contributed by atoms with van der Waals surface area (Å²) < 4.78 is 0. The standard InChI is InChI=1S/C13H11Cl2N3O/c1-18(8-9-3-2-6-16-7-9)13(19)12-10(14)4-5-11(15)17-12/h2-7H,8H2,1H3. The van der Waals surface area contributed by atoms with Gasteiger partial charge in [-0.2, -0.15) is 0 Å². The van der Waals surface area contributed by atoms with Crippen molar-refractivity contribution >= 4 is 29.1 Å². The molecule has 6 heteroatoms. The third-order valence-corrected chi connectivity index (χ3v) is 3.02. The molecule has 2 aromatic rings. The van der Waals surface area contributed by atoms with Gasteiger partial charge in [0, 0.05) is 26.0 Å². The number of nitrogens with zero attached hydrogens (tertiary/aromatic N) is 3. The predicted molar refractivity (Wildman–Crippen MR) is 74.3 cm³/mol. The molecule has 0 atom stereocenters. The van der Waals surface area contributed by atoms with Gasteiger partial charge in [0.2, 0.25) is 0 Å². The zero-order valence-corrected chi connectivity index (χ0v) is 11.7. The molecule has 0 saturated carbocycles. The van der Waals surface area contributed by atoms with Crippen LogP contribution in [0, 0.1) is 0 Å². The molecule has 0 aliphatic heterocycles. The number of aromatic nitrogens is 2. The lowest BCUT2D eigenvalue weighted by molar-refractivity contribution is 0.0779. The van der Waals surface area contributed by atoms with Crippen LogP contribution >= 0.6 is 23.2 Å². The molecule has 0 aliphatic rings. The van der Waals surface area contributed by atoms with Crippen molar-refractivity contribution in [2.24, 2.45) is 0 Å². The van der Waals surface area contributed by atoms with Crippen molar-refractivity contribution in [3.63, 3.8) is 0 Å². The van der Waals surface area contributed by atoms with Gasteiger partial charge >= 0.3 is 0 Å². The Labute approximate surface area is 121 Å². The number of hydrogen-bond acceptors (Lipinski definition) is 3.